The van der Waals surface area contributed by atoms with Crippen molar-refractivity contribution in [2.24, 2.45) is 0 Å². The van der Waals surface area contributed by atoms with E-state index in [9.17, 15) is 5.11 Å². The molecule has 5 rings (SSSR count). The number of hydrogen-bond donors (Lipinski definition) is 2. The number of anilines is 1. The van der Waals surface area contributed by atoms with Crippen molar-refractivity contribution in [1.29, 1.82) is 0 Å². The van der Waals surface area contributed by atoms with Gasteiger partial charge in [0.2, 0.25) is 0 Å². The van der Waals surface area contributed by atoms with Gasteiger partial charge in [0.25, 0.3) is 0 Å². The van der Waals surface area contributed by atoms with E-state index in [1.54, 1.807) is 28.9 Å². The van der Waals surface area contributed by atoms with Crippen molar-refractivity contribution in [3.63, 3.8) is 0 Å². The lowest BCUT2D eigenvalue weighted by molar-refractivity contribution is 0.101. The molecule has 4 aromatic rings. The van der Waals surface area contributed by atoms with E-state index in [4.69, 9.17) is 15.6 Å². The van der Waals surface area contributed by atoms with Crippen LogP contribution in [0.2, 0.25) is 0 Å². The standard InChI is InChI=1S/C23H22FN5O2/c24-19-12-17(31-16-7-2-1-3-8-16)9-10-18(19)21-20-22(25)26-13-27-23(20)29(28-21)14-5-4-6-15(30)11-14/h1-3,7-10,12-15,30H,4-6,11H2,(H2,25,26,27)/t14-,15-/m1/s1. The Bertz CT molecular complexity index is 1230. The molecule has 2 atom stereocenters. The maximum Gasteiger partial charge on any atom is 0.164 e. The van der Waals surface area contributed by atoms with Crippen molar-refractivity contribution in [2.45, 2.75) is 37.8 Å². The number of benzene rings is 2. The first-order valence-electron chi connectivity index (χ1n) is 10.3. The monoisotopic (exact) mass is 419 g/mol. The molecule has 0 aliphatic heterocycles. The van der Waals surface area contributed by atoms with Crippen LogP contribution in [0.5, 0.6) is 11.5 Å². The summed E-state index contributed by atoms with van der Waals surface area (Å²) in [6, 6.07) is 13.8. The minimum atomic E-state index is -0.480. The molecule has 2 aromatic carbocycles. The van der Waals surface area contributed by atoms with Crippen molar-refractivity contribution in [2.75, 3.05) is 5.73 Å². The van der Waals surface area contributed by atoms with E-state index in [1.807, 2.05) is 18.2 Å². The minimum absolute atomic E-state index is 0.0296. The van der Waals surface area contributed by atoms with E-state index in [2.05, 4.69) is 9.97 Å². The van der Waals surface area contributed by atoms with Crippen molar-refractivity contribution >= 4 is 16.9 Å². The molecule has 8 heteroatoms. The number of aliphatic hydroxyl groups excluding tert-OH is 1. The number of nitrogens with zero attached hydrogens (tertiary/aromatic N) is 4. The Labute approximate surface area is 178 Å². The SMILES string of the molecule is Nc1ncnc2c1c(-c1ccc(Oc3ccccc3)cc1F)nn2[C@@H]1CCC[C@@H](O)C1. The van der Waals surface area contributed by atoms with Crippen LogP contribution in [0, 0.1) is 5.82 Å². The number of hydrogen-bond acceptors (Lipinski definition) is 6. The van der Waals surface area contributed by atoms with E-state index >= 15 is 4.39 Å². The van der Waals surface area contributed by atoms with Crippen molar-refractivity contribution in [3.05, 3.63) is 60.7 Å². The maximum absolute atomic E-state index is 15.2. The third-order valence-electron chi connectivity index (χ3n) is 5.66. The van der Waals surface area contributed by atoms with Gasteiger partial charge in [-0.3, -0.25) is 0 Å². The first-order chi connectivity index (χ1) is 15.1. The molecule has 7 nitrogen and oxygen atoms in total. The molecule has 158 valence electrons. The second-order valence-corrected chi connectivity index (χ2v) is 7.78. The second kappa shape index (κ2) is 7.96. The summed E-state index contributed by atoms with van der Waals surface area (Å²) in [6.07, 6.45) is 4.11. The predicted octanol–water partition coefficient (Wildman–Crippen LogP) is 4.48. The van der Waals surface area contributed by atoms with Crippen LogP contribution in [0.25, 0.3) is 22.3 Å². The third kappa shape index (κ3) is 3.70. The van der Waals surface area contributed by atoms with Gasteiger partial charge in [-0.15, -0.1) is 0 Å². The lowest BCUT2D eigenvalue weighted by Crippen LogP contribution is -2.23. The number of nitrogens with two attached hydrogens (primary N) is 1. The normalized spacial score (nSPS) is 18.9. The highest BCUT2D eigenvalue weighted by atomic mass is 19.1. The Balaban J connectivity index is 1.57. The van der Waals surface area contributed by atoms with Gasteiger partial charge >= 0.3 is 0 Å². The molecule has 1 aliphatic rings. The molecule has 31 heavy (non-hydrogen) atoms. The van der Waals surface area contributed by atoms with Gasteiger partial charge in [-0.05, 0) is 49.9 Å². The van der Waals surface area contributed by atoms with Crippen molar-refractivity contribution in [3.8, 4) is 22.8 Å². The van der Waals surface area contributed by atoms with Crippen molar-refractivity contribution < 1.29 is 14.2 Å². The van der Waals surface area contributed by atoms with E-state index < -0.39 is 5.82 Å². The number of ether oxygens (including phenoxy) is 1. The van der Waals surface area contributed by atoms with Gasteiger partial charge in [0.15, 0.2) is 5.65 Å². The zero-order valence-corrected chi connectivity index (χ0v) is 16.8. The number of para-hydroxylation sites is 1. The summed E-state index contributed by atoms with van der Waals surface area (Å²) >= 11 is 0. The van der Waals surface area contributed by atoms with Crippen molar-refractivity contribution in [1.82, 2.24) is 19.7 Å². The Morgan fingerprint density at radius 2 is 1.90 bits per heavy atom. The fourth-order valence-corrected chi connectivity index (χ4v) is 4.18. The summed E-state index contributed by atoms with van der Waals surface area (Å²) in [6.45, 7) is 0. The van der Waals surface area contributed by atoms with Gasteiger partial charge in [-0.25, -0.2) is 19.0 Å². The lowest BCUT2D eigenvalue weighted by Gasteiger charge is -2.26. The molecular formula is C23H22FN5O2. The van der Waals surface area contributed by atoms with Crippen LogP contribution < -0.4 is 10.5 Å². The maximum atomic E-state index is 15.2. The molecule has 0 unspecified atom stereocenters. The summed E-state index contributed by atoms with van der Waals surface area (Å²) in [4.78, 5) is 8.46. The molecule has 1 saturated carbocycles. The summed E-state index contributed by atoms with van der Waals surface area (Å²) in [5.41, 5.74) is 7.37. The van der Waals surface area contributed by atoms with Crippen LogP contribution in [0.15, 0.2) is 54.9 Å². The van der Waals surface area contributed by atoms with Crippen LogP contribution in [0.1, 0.15) is 31.7 Å². The largest absolute Gasteiger partial charge is 0.457 e. The Hall–Kier alpha value is -3.52. The third-order valence-corrected chi connectivity index (χ3v) is 5.66. The molecule has 0 spiro atoms. The highest BCUT2D eigenvalue weighted by molar-refractivity contribution is 5.98. The van der Waals surface area contributed by atoms with Gasteiger partial charge in [-0.1, -0.05) is 18.2 Å². The fraction of sp³-hybridized carbons (Fsp3) is 0.261. The highest BCUT2D eigenvalue weighted by Crippen LogP contribution is 2.37. The van der Waals surface area contributed by atoms with Crippen LogP contribution >= 0.6 is 0 Å². The molecule has 2 heterocycles. The Morgan fingerprint density at radius 1 is 1.06 bits per heavy atom. The van der Waals surface area contributed by atoms with Gasteiger partial charge in [0, 0.05) is 11.6 Å². The molecule has 0 saturated heterocycles. The summed E-state index contributed by atoms with van der Waals surface area (Å²) < 4.78 is 22.7. The van der Waals surface area contributed by atoms with E-state index in [-0.39, 0.29) is 18.0 Å². The predicted molar refractivity (Wildman–Crippen MR) is 115 cm³/mol. The number of nitrogen functional groups attached to an aromatic ring is 1. The topological polar surface area (TPSA) is 99.1 Å². The number of aliphatic hydroxyl groups is 1. The second-order valence-electron chi connectivity index (χ2n) is 7.78. The van der Waals surface area contributed by atoms with Gasteiger partial charge in [-0.2, -0.15) is 5.10 Å². The van der Waals surface area contributed by atoms with Gasteiger partial charge in [0.05, 0.1) is 17.5 Å². The zero-order chi connectivity index (χ0) is 21.4. The number of aromatic nitrogens is 4. The first-order valence-corrected chi connectivity index (χ1v) is 10.3. The van der Waals surface area contributed by atoms with Crippen LogP contribution in [0.3, 0.4) is 0 Å². The van der Waals surface area contributed by atoms with E-state index in [0.717, 1.165) is 19.3 Å². The van der Waals surface area contributed by atoms with E-state index in [0.29, 0.717) is 40.2 Å². The molecule has 1 fully saturated rings. The fourth-order valence-electron chi connectivity index (χ4n) is 4.18. The highest BCUT2D eigenvalue weighted by Gasteiger charge is 2.27. The molecular weight excluding hydrogens is 397 g/mol. The van der Waals surface area contributed by atoms with Gasteiger partial charge < -0.3 is 15.6 Å². The smallest absolute Gasteiger partial charge is 0.164 e. The molecule has 0 bridgehead atoms. The Kier molecular flexibility index (Phi) is 4.99. The zero-order valence-electron chi connectivity index (χ0n) is 16.8. The summed E-state index contributed by atoms with van der Waals surface area (Å²) in [5, 5.41) is 15.3. The number of fused-ring (bicyclic) bond motifs is 1. The molecule has 0 radical (unpaired) electrons. The van der Waals surface area contributed by atoms with Crippen LogP contribution in [-0.4, -0.2) is 31.0 Å². The summed E-state index contributed by atoms with van der Waals surface area (Å²) in [5.74, 6) is 0.771. The summed E-state index contributed by atoms with van der Waals surface area (Å²) in [7, 11) is 0. The minimum Gasteiger partial charge on any atom is -0.457 e. The average Bonchev–Trinajstić information content (AvgIpc) is 3.15. The van der Waals surface area contributed by atoms with Gasteiger partial charge in [0.1, 0.15) is 35.2 Å². The Morgan fingerprint density at radius 3 is 2.68 bits per heavy atom. The lowest BCUT2D eigenvalue weighted by atomic mass is 9.93. The molecule has 3 N–H and O–H groups in total. The quantitative estimate of drug-likeness (QED) is 0.506. The molecule has 2 aromatic heterocycles. The van der Waals surface area contributed by atoms with Crippen LogP contribution in [-0.2, 0) is 0 Å². The van der Waals surface area contributed by atoms with Crippen LogP contribution in [0.4, 0.5) is 10.2 Å². The average molecular weight is 419 g/mol. The molecule has 0 amide bonds. The molecule has 1 aliphatic carbocycles. The van der Waals surface area contributed by atoms with E-state index in [1.165, 1.54) is 12.4 Å². The first kappa shape index (κ1) is 19.4. The number of halogens is 1. The number of rotatable bonds is 4.